The lowest BCUT2D eigenvalue weighted by Gasteiger charge is -2.13. The van der Waals surface area contributed by atoms with E-state index in [-0.39, 0.29) is 17.5 Å². The Labute approximate surface area is 110 Å². The Bertz CT molecular complexity index is 435. The summed E-state index contributed by atoms with van der Waals surface area (Å²) in [6.45, 7) is 2.54. The van der Waals surface area contributed by atoms with Crippen LogP contribution in [-0.2, 0) is 0 Å². The molecule has 0 radical (unpaired) electrons. The predicted octanol–water partition coefficient (Wildman–Crippen LogP) is 1.89. The summed E-state index contributed by atoms with van der Waals surface area (Å²) >= 11 is 1.82. The maximum atomic E-state index is 13.2. The minimum absolute atomic E-state index is 0.181. The van der Waals surface area contributed by atoms with E-state index in [0.717, 1.165) is 24.1 Å². The highest BCUT2D eigenvalue weighted by Gasteiger charge is 2.20. The molecule has 98 valence electrons. The summed E-state index contributed by atoms with van der Waals surface area (Å²) in [5.41, 5.74) is 0.272. The van der Waals surface area contributed by atoms with Crippen LogP contribution in [0, 0.1) is 5.82 Å². The molecule has 1 saturated heterocycles. The molecule has 0 saturated carbocycles. The minimum Gasteiger partial charge on any atom is -0.370 e. The molecule has 18 heavy (non-hydrogen) atoms. The molecule has 0 aliphatic carbocycles. The number of carbonyl (C=O) groups excluding carboxylic acids is 1. The third kappa shape index (κ3) is 3.13. The monoisotopic (exact) mass is 269 g/mol. The lowest BCUT2D eigenvalue weighted by molar-refractivity contribution is 0.0941. The summed E-state index contributed by atoms with van der Waals surface area (Å²) in [7, 11) is 0. The minimum atomic E-state index is -0.498. The van der Waals surface area contributed by atoms with Gasteiger partial charge in [0.25, 0.3) is 5.91 Å². The van der Waals surface area contributed by atoms with Crippen LogP contribution in [-0.4, -0.2) is 35.0 Å². The molecule has 1 amide bonds. The number of hydrogen-bond acceptors (Lipinski definition) is 4. The van der Waals surface area contributed by atoms with Crippen molar-refractivity contribution in [3.63, 3.8) is 0 Å². The van der Waals surface area contributed by atoms with Crippen molar-refractivity contribution in [2.24, 2.45) is 0 Å². The maximum Gasteiger partial charge on any atom is 0.255 e. The lowest BCUT2D eigenvalue weighted by atomic mass is 10.2. The van der Waals surface area contributed by atoms with Crippen LogP contribution in [0.5, 0.6) is 0 Å². The molecule has 1 aliphatic heterocycles. The van der Waals surface area contributed by atoms with Crippen LogP contribution in [0.1, 0.15) is 23.7 Å². The van der Waals surface area contributed by atoms with Gasteiger partial charge in [-0.3, -0.25) is 4.79 Å². The Morgan fingerprint density at radius 1 is 1.67 bits per heavy atom. The molecule has 4 nitrogen and oxygen atoms in total. The number of hydrogen-bond donors (Lipinski definition) is 2. The van der Waals surface area contributed by atoms with E-state index in [4.69, 9.17) is 0 Å². The third-order valence-electron chi connectivity index (χ3n) is 2.71. The molecule has 0 aromatic carbocycles. The van der Waals surface area contributed by atoms with Crippen molar-refractivity contribution in [1.82, 2.24) is 10.3 Å². The van der Waals surface area contributed by atoms with E-state index in [1.807, 2.05) is 18.7 Å². The predicted molar refractivity (Wildman–Crippen MR) is 71.6 cm³/mol. The fourth-order valence-corrected chi connectivity index (χ4v) is 2.98. The van der Waals surface area contributed by atoms with Gasteiger partial charge in [-0.1, -0.05) is 0 Å². The second kappa shape index (κ2) is 6.04. The van der Waals surface area contributed by atoms with Crippen LogP contribution < -0.4 is 10.6 Å². The second-order valence-electron chi connectivity index (χ2n) is 4.11. The molecule has 1 aliphatic rings. The fraction of sp³-hybridized carbons (Fsp3) is 0.500. The highest BCUT2D eigenvalue weighted by molar-refractivity contribution is 7.99. The first-order valence-corrected chi connectivity index (χ1v) is 7.14. The molecule has 6 heteroatoms. The average Bonchev–Trinajstić information content (AvgIpc) is 2.84. The molecule has 1 atom stereocenters. The highest BCUT2D eigenvalue weighted by Crippen LogP contribution is 2.19. The lowest BCUT2D eigenvalue weighted by Crippen LogP contribution is -2.35. The van der Waals surface area contributed by atoms with Crippen molar-refractivity contribution < 1.29 is 9.18 Å². The molecule has 2 rings (SSSR count). The molecule has 1 aromatic heterocycles. The van der Waals surface area contributed by atoms with Crippen LogP contribution in [0.4, 0.5) is 10.2 Å². The van der Waals surface area contributed by atoms with Gasteiger partial charge in [-0.25, -0.2) is 9.37 Å². The van der Waals surface area contributed by atoms with Crippen LogP contribution in [0.2, 0.25) is 0 Å². The number of anilines is 1. The zero-order valence-electron chi connectivity index (χ0n) is 10.2. The zero-order valence-corrected chi connectivity index (χ0v) is 11.0. The number of amides is 1. The number of aromatic nitrogens is 1. The van der Waals surface area contributed by atoms with Gasteiger partial charge in [-0.2, -0.15) is 11.8 Å². The summed E-state index contributed by atoms with van der Waals surface area (Å²) < 4.78 is 13.2. The van der Waals surface area contributed by atoms with Gasteiger partial charge in [-0.15, -0.1) is 0 Å². The first-order chi connectivity index (χ1) is 8.70. The normalized spacial score (nSPS) is 18.7. The average molecular weight is 269 g/mol. The molecular formula is C12H16FN3OS. The van der Waals surface area contributed by atoms with E-state index in [1.54, 1.807) is 0 Å². The Kier molecular flexibility index (Phi) is 4.41. The molecule has 0 bridgehead atoms. The first kappa shape index (κ1) is 13.1. The van der Waals surface area contributed by atoms with Crippen molar-refractivity contribution in [2.75, 3.05) is 23.4 Å². The summed E-state index contributed by atoms with van der Waals surface area (Å²) in [6, 6.07) is 1.41. The number of thioether (sulfide) groups is 1. The smallest absolute Gasteiger partial charge is 0.255 e. The zero-order chi connectivity index (χ0) is 13.0. The summed E-state index contributed by atoms with van der Waals surface area (Å²) in [5.74, 6) is 1.66. The highest BCUT2D eigenvalue weighted by atomic mass is 32.2. The van der Waals surface area contributed by atoms with Gasteiger partial charge in [0.2, 0.25) is 0 Å². The van der Waals surface area contributed by atoms with E-state index in [1.165, 1.54) is 6.07 Å². The van der Waals surface area contributed by atoms with Crippen molar-refractivity contribution >= 4 is 23.5 Å². The van der Waals surface area contributed by atoms with Crippen LogP contribution in [0.3, 0.4) is 0 Å². The Morgan fingerprint density at radius 3 is 3.17 bits per heavy atom. The molecule has 0 spiro atoms. The van der Waals surface area contributed by atoms with Crippen molar-refractivity contribution in [2.45, 2.75) is 19.4 Å². The Hall–Kier alpha value is -1.30. The topological polar surface area (TPSA) is 54.0 Å². The SMILES string of the molecule is CCNc1ncc(F)cc1C(=O)NC1CCSC1. The van der Waals surface area contributed by atoms with E-state index in [9.17, 15) is 9.18 Å². The maximum absolute atomic E-state index is 13.2. The van der Waals surface area contributed by atoms with Crippen LogP contribution in [0.15, 0.2) is 12.3 Å². The molecule has 2 N–H and O–H groups in total. The quantitative estimate of drug-likeness (QED) is 0.876. The number of carbonyl (C=O) groups is 1. The third-order valence-corrected chi connectivity index (χ3v) is 3.87. The molecule has 2 heterocycles. The van der Waals surface area contributed by atoms with E-state index < -0.39 is 5.82 Å². The van der Waals surface area contributed by atoms with E-state index >= 15 is 0 Å². The number of pyridine rings is 1. The largest absolute Gasteiger partial charge is 0.370 e. The first-order valence-electron chi connectivity index (χ1n) is 5.98. The number of rotatable bonds is 4. The summed E-state index contributed by atoms with van der Waals surface area (Å²) in [6.07, 6.45) is 2.08. The Balaban J connectivity index is 2.14. The van der Waals surface area contributed by atoms with Gasteiger partial charge in [0.1, 0.15) is 11.6 Å². The van der Waals surface area contributed by atoms with Gasteiger partial charge in [-0.05, 0) is 25.2 Å². The second-order valence-corrected chi connectivity index (χ2v) is 5.26. The van der Waals surface area contributed by atoms with Gasteiger partial charge < -0.3 is 10.6 Å². The van der Waals surface area contributed by atoms with Crippen LogP contribution >= 0.6 is 11.8 Å². The van der Waals surface area contributed by atoms with Gasteiger partial charge in [0.05, 0.1) is 11.8 Å². The van der Waals surface area contributed by atoms with E-state index in [0.29, 0.717) is 12.4 Å². The molecule has 1 unspecified atom stereocenters. The molecular weight excluding hydrogens is 253 g/mol. The van der Waals surface area contributed by atoms with Crippen molar-refractivity contribution in [3.05, 3.63) is 23.6 Å². The summed E-state index contributed by atoms with van der Waals surface area (Å²) in [5, 5.41) is 5.88. The number of nitrogens with one attached hydrogen (secondary N) is 2. The van der Waals surface area contributed by atoms with Gasteiger partial charge in [0, 0.05) is 18.3 Å². The number of halogens is 1. The number of nitrogens with zero attached hydrogens (tertiary/aromatic N) is 1. The van der Waals surface area contributed by atoms with E-state index in [2.05, 4.69) is 15.6 Å². The van der Waals surface area contributed by atoms with Gasteiger partial charge in [0.15, 0.2) is 0 Å². The standard InChI is InChI=1S/C12H16FN3OS/c1-2-14-11-10(5-8(13)6-15-11)12(17)16-9-3-4-18-7-9/h5-6,9H,2-4,7H2,1H3,(H,14,15)(H,16,17). The molecule has 1 aromatic rings. The Morgan fingerprint density at radius 2 is 2.50 bits per heavy atom. The van der Waals surface area contributed by atoms with Crippen molar-refractivity contribution in [3.8, 4) is 0 Å². The van der Waals surface area contributed by atoms with Gasteiger partial charge >= 0.3 is 0 Å². The van der Waals surface area contributed by atoms with Crippen molar-refractivity contribution in [1.29, 1.82) is 0 Å². The fourth-order valence-electron chi connectivity index (χ4n) is 1.83. The summed E-state index contributed by atoms with van der Waals surface area (Å²) in [4.78, 5) is 16.0. The molecule has 1 fully saturated rings. The van der Waals surface area contributed by atoms with Crippen LogP contribution in [0.25, 0.3) is 0 Å².